The molecule has 1 heterocycles. The number of rotatable bonds is 7. The Morgan fingerprint density at radius 2 is 1.89 bits per heavy atom. The van der Waals surface area contributed by atoms with Gasteiger partial charge in [0.2, 0.25) is 5.89 Å². The Hall–Kier alpha value is -3.20. The molecule has 2 aromatic carbocycles. The lowest BCUT2D eigenvalue weighted by Crippen LogP contribution is -2.13. The molecule has 0 aliphatic carbocycles. The highest BCUT2D eigenvalue weighted by Gasteiger charge is 2.16. The van der Waals surface area contributed by atoms with Gasteiger partial charge in [-0.1, -0.05) is 30.2 Å². The van der Waals surface area contributed by atoms with E-state index in [9.17, 15) is 13.2 Å². The van der Waals surface area contributed by atoms with Crippen LogP contribution in [0.15, 0.2) is 57.8 Å². The van der Waals surface area contributed by atoms with Crippen molar-refractivity contribution in [1.82, 2.24) is 10.2 Å². The van der Waals surface area contributed by atoms with Crippen molar-refractivity contribution in [2.24, 2.45) is 0 Å². The number of carbonyl (C=O) groups excluding carboxylic acids is 1. The Kier molecular flexibility index (Phi) is 5.74. The van der Waals surface area contributed by atoms with Gasteiger partial charge in [0.1, 0.15) is 5.75 Å². The molecule has 9 heteroatoms. The second-order valence-corrected chi connectivity index (χ2v) is 8.19. The van der Waals surface area contributed by atoms with Crippen LogP contribution >= 0.6 is 0 Å². The number of methoxy groups -OCH3 is 1. The summed E-state index contributed by atoms with van der Waals surface area (Å²) in [6, 6.07) is 13.1. The predicted octanol–water partition coefficient (Wildman–Crippen LogP) is 2.71. The van der Waals surface area contributed by atoms with Crippen LogP contribution in [0, 0.1) is 0 Å². The number of amides is 1. The third-order valence-electron chi connectivity index (χ3n) is 4.04. The lowest BCUT2D eigenvalue weighted by Gasteiger charge is -2.04. The van der Waals surface area contributed by atoms with Crippen molar-refractivity contribution in [2.75, 3.05) is 18.2 Å². The average Bonchev–Trinajstić information content (AvgIpc) is 3.15. The zero-order chi connectivity index (χ0) is 20.1. The fourth-order valence-electron chi connectivity index (χ4n) is 2.46. The first-order chi connectivity index (χ1) is 13.4. The van der Waals surface area contributed by atoms with Crippen LogP contribution in [-0.2, 0) is 16.3 Å². The van der Waals surface area contributed by atoms with Crippen LogP contribution in [0.4, 0.5) is 6.01 Å². The Balaban J connectivity index is 1.69. The molecular weight excluding hydrogens is 382 g/mol. The van der Waals surface area contributed by atoms with Gasteiger partial charge >= 0.3 is 6.01 Å². The molecule has 8 nitrogen and oxygen atoms in total. The molecule has 0 radical (unpaired) electrons. The van der Waals surface area contributed by atoms with Gasteiger partial charge in [-0.05, 0) is 35.9 Å². The average molecular weight is 401 g/mol. The minimum Gasteiger partial charge on any atom is -0.497 e. The van der Waals surface area contributed by atoms with E-state index in [0.29, 0.717) is 12.3 Å². The van der Waals surface area contributed by atoms with Crippen molar-refractivity contribution in [1.29, 1.82) is 0 Å². The van der Waals surface area contributed by atoms with E-state index in [-0.39, 0.29) is 22.2 Å². The van der Waals surface area contributed by atoms with E-state index in [0.717, 1.165) is 11.3 Å². The SMILES string of the molecule is CCS(=O)(=O)c1cccc(C(=O)Nc2nnc(Cc3ccc(OC)cc3)o2)c1. The topological polar surface area (TPSA) is 111 Å². The van der Waals surface area contributed by atoms with Crippen LogP contribution in [0.5, 0.6) is 5.75 Å². The van der Waals surface area contributed by atoms with E-state index in [2.05, 4.69) is 15.5 Å². The van der Waals surface area contributed by atoms with Crippen LogP contribution in [0.2, 0.25) is 0 Å². The fraction of sp³-hybridized carbons (Fsp3) is 0.211. The van der Waals surface area contributed by atoms with Crippen LogP contribution < -0.4 is 10.1 Å². The Morgan fingerprint density at radius 3 is 2.57 bits per heavy atom. The second kappa shape index (κ2) is 8.22. The van der Waals surface area contributed by atoms with Crippen LogP contribution in [0.25, 0.3) is 0 Å². The number of nitrogens with one attached hydrogen (secondary N) is 1. The van der Waals surface area contributed by atoms with E-state index < -0.39 is 15.7 Å². The molecule has 0 bridgehead atoms. The zero-order valence-corrected chi connectivity index (χ0v) is 16.2. The van der Waals surface area contributed by atoms with E-state index in [1.807, 2.05) is 24.3 Å². The quantitative estimate of drug-likeness (QED) is 0.648. The van der Waals surface area contributed by atoms with Crippen molar-refractivity contribution in [3.8, 4) is 5.75 Å². The molecule has 3 rings (SSSR count). The molecule has 146 valence electrons. The molecule has 1 N–H and O–H groups in total. The third kappa shape index (κ3) is 4.55. The van der Waals surface area contributed by atoms with Crippen molar-refractivity contribution >= 4 is 21.8 Å². The van der Waals surface area contributed by atoms with E-state index in [4.69, 9.17) is 9.15 Å². The minimum atomic E-state index is -3.40. The zero-order valence-electron chi connectivity index (χ0n) is 15.4. The van der Waals surface area contributed by atoms with Gasteiger partial charge in [-0.25, -0.2) is 8.42 Å². The molecular formula is C19H19N3O5S. The number of anilines is 1. The van der Waals surface area contributed by atoms with Crippen molar-refractivity contribution in [3.05, 3.63) is 65.5 Å². The number of ether oxygens (including phenoxy) is 1. The Labute approximate surface area is 162 Å². The third-order valence-corrected chi connectivity index (χ3v) is 5.77. The molecule has 0 aliphatic rings. The van der Waals surface area contributed by atoms with E-state index in [1.54, 1.807) is 14.0 Å². The lowest BCUT2D eigenvalue weighted by atomic mass is 10.1. The van der Waals surface area contributed by atoms with Gasteiger partial charge in [0.25, 0.3) is 5.91 Å². The van der Waals surface area contributed by atoms with Gasteiger partial charge in [-0.15, -0.1) is 5.10 Å². The summed E-state index contributed by atoms with van der Waals surface area (Å²) in [6.07, 6.45) is 0.400. The molecule has 0 saturated heterocycles. The second-order valence-electron chi connectivity index (χ2n) is 5.91. The molecule has 1 amide bonds. The maximum Gasteiger partial charge on any atom is 0.322 e. The molecule has 0 spiro atoms. The number of nitrogens with zero attached hydrogens (tertiary/aromatic N) is 2. The summed E-state index contributed by atoms with van der Waals surface area (Å²) in [4.78, 5) is 12.5. The van der Waals surface area contributed by atoms with Gasteiger partial charge < -0.3 is 9.15 Å². The van der Waals surface area contributed by atoms with Crippen molar-refractivity contribution < 1.29 is 22.4 Å². The molecule has 1 aromatic heterocycles. The summed E-state index contributed by atoms with van der Waals surface area (Å²) in [5.41, 5.74) is 1.13. The van der Waals surface area contributed by atoms with Gasteiger partial charge in [0.05, 0.1) is 24.2 Å². The summed E-state index contributed by atoms with van der Waals surface area (Å²) in [5.74, 6) is 0.501. The first-order valence-electron chi connectivity index (χ1n) is 8.51. The number of aromatic nitrogens is 2. The number of hydrogen-bond acceptors (Lipinski definition) is 7. The van der Waals surface area contributed by atoms with Gasteiger partial charge in [-0.2, -0.15) is 0 Å². The van der Waals surface area contributed by atoms with Crippen molar-refractivity contribution in [3.63, 3.8) is 0 Å². The first-order valence-corrected chi connectivity index (χ1v) is 10.2. The predicted molar refractivity (Wildman–Crippen MR) is 102 cm³/mol. The molecule has 3 aromatic rings. The van der Waals surface area contributed by atoms with Crippen molar-refractivity contribution in [2.45, 2.75) is 18.2 Å². The summed E-state index contributed by atoms with van der Waals surface area (Å²) >= 11 is 0. The summed E-state index contributed by atoms with van der Waals surface area (Å²) < 4.78 is 34.5. The highest BCUT2D eigenvalue weighted by molar-refractivity contribution is 7.91. The number of sulfone groups is 1. The van der Waals surface area contributed by atoms with Gasteiger partial charge in [-0.3, -0.25) is 10.1 Å². The maximum absolute atomic E-state index is 12.4. The molecule has 0 unspecified atom stereocenters. The molecule has 0 saturated carbocycles. The van der Waals surface area contributed by atoms with Crippen LogP contribution in [0.1, 0.15) is 28.7 Å². The molecule has 0 fully saturated rings. The van der Waals surface area contributed by atoms with E-state index >= 15 is 0 Å². The largest absolute Gasteiger partial charge is 0.497 e. The monoisotopic (exact) mass is 401 g/mol. The molecule has 0 atom stereocenters. The summed E-state index contributed by atoms with van der Waals surface area (Å²) in [7, 11) is -1.81. The van der Waals surface area contributed by atoms with Gasteiger partial charge in [0, 0.05) is 5.56 Å². The summed E-state index contributed by atoms with van der Waals surface area (Å²) in [5, 5.41) is 10.2. The van der Waals surface area contributed by atoms with Crippen LogP contribution in [0.3, 0.4) is 0 Å². The fourth-order valence-corrected chi connectivity index (χ4v) is 3.39. The van der Waals surface area contributed by atoms with Gasteiger partial charge in [0.15, 0.2) is 9.84 Å². The highest BCUT2D eigenvalue weighted by atomic mass is 32.2. The molecule has 28 heavy (non-hydrogen) atoms. The van der Waals surface area contributed by atoms with E-state index in [1.165, 1.54) is 24.3 Å². The Morgan fingerprint density at radius 1 is 1.14 bits per heavy atom. The Bertz CT molecular complexity index is 1070. The number of hydrogen-bond donors (Lipinski definition) is 1. The smallest absolute Gasteiger partial charge is 0.322 e. The standard InChI is InChI=1S/C19H19N3O5S/c1-3-28(24,25)16-6-4-5-14(12-16)18(23)20-19-22-21-17(27-19)11-13-7-9-15(26-2)10-8-13/h4-10,12H,3,11H2,1-2H3,(H,20,22,23). The number of benzene rings is 2. The lowest BCUT2D eigenvalue weighted by molar-refractivity contribution is 0.102. The highest BCUT2D eigenvalue weighted by Crippen LogP contribution is 2.17. The summed E-state index contributed by atoms with van der Waals surface area (Å²) in [6.45, 7) is 1.55. The normalized spacial score (nSPS) is 11.2. The molecule has 0 aliphatic heterocycles. The maximum atomic E-state index is 12.4. The number of carbonyl (C=O) groups is 1. The van der Waals surface area contributed by atoms with Crippen LogP contribution in [-0.4, -0.2) is 37.4 Å². The first kappa shape index (κ1) is 19.6. The minimum absolute atomic E-state index is 0.0452.